The van der Waals surface area contributed by atoms with Crippen LogP contribution >= 0.6 is 0 Å². The van der Waals surface area contributed by atoms with Crippen molar-refractivity contribution in [2.75, 3.05) is 13.2 Å². The highest BCUT2D eigenvalue weighted by Gasteiger charge is 2.21. The highest BCUT2D eigenvalue weighted by atomic mass is 16.5. The van der Waals surface area contributed by atoms with E-state index >= 15 is 0 Å². The van der Waals surface area contributed by atoms with Crippen LogP contribution in [0.3, 0.4) is 0 Å². The summed E-state index contributed by atoms with van der Waals surface area (Å²) in [6, 6.07) is 10.3. The number of rotatable bonds is 2. The zero-order valence-corrected chi connectivity index (χ0v) is 11.0. The Morgan fingerprint density at radius 3 is 2.67 bits per heavy atom. The van der Waals surface area contributed by atoms with Gasteiger partial charge in [0.1, 0.15) is 0 Å². The lowest BCUT2D eigenvalue weighted by Gasteiger charge is -2.19. The Bertz CT molecular complexity index is 419. The monoisotopic (exact) mass is 244 g/mol. The van der Waals surface area contributed by atoms with E-state index in [1.54, 1.807) is 0 Å². The van der Waals surface area contributed by atoms with Crippen LogP contribution in [-0.2, 0) is 4.74 Å². The summed E-state index contributed by atoms with van der Waals surface area (Å²) in [5.41, 5.74) is 1.84. The van der Waals surface area contributed by atoms with E-state index in [4.69, 9.17) is 10.00 Å². The maximum atomic E-state index is 8.79. The van der Waals surface area contributed by atoms with E-state index in [1.807, 2.05) is 24.3 Å². The van der Waals surface area contributed by atoms with Crippen LogP contribution in [0.2, 0.25) is 0 Å². The van der Waals surface area contributed by atoms with Gasteiger partial charge in [-0.2, -0.15) is 5.26 Å². The van der Waals surface area contributed by atoms with E-state index in [0.29, 0.717) is 17.5 Å². The molecule has 1 saturated heterocycles. The van der Waals surface area contributed by atoms with Crippen LogP contribution < -0.4 is 5.32 Å². The molecule has 18 heavy (non-hydrogen) atoms. The normalized spacial score (nSPS) is 24.6. The van der Waals surface area contributed by atoms with E-state index in [2.05, 4.69) is 25.2 Å². The van der Waals surface area contributed by atoms with Crippen molar-refractivity contribution >= 4 is 0 Å². The summed E-state index contributed by atoms with van der Waals surface area (Å²) in [5, 5.41) is 12.4. The molecule has 1 heterocycles. The summed E-state index contributed by atoms with van der Waals surface area (Å²) >= 11 is 0. The third-order valence-corrected chi connectivity index (χ3v) is 3.53. The fraction of sp³-hybridized carbons (Fsp3) is 0.533. The first-order valence-electron chi connectivity index (χ1n) is 6.55. The molecular weight excluding hydrogens is 224 g/mol. The smallest absolute Gasteiger partial charge is 0.0991 e. The van der Waals surface area contributed by atoms with Crippen LogP contribution in [0.1, 0.15) is 37.5 Å². The predicted molar refractivity (Wildman–Crippen MR) is 71.1 cm³/mol. The van der Waals surface area contributed by atoms with Gasteiger partial charge in [0.15, 0.2) is 0 Å². The molecule has 0 bridgehead atoms. The molecule has 0 aliphatic carbocycles. The van der Waals surface area contributed by atoms with Gasteiger partial charge in [-0.1, -0.05) is 26.0 Å². The number of benzene rings is 1. The van der Waals surface area contributed by atoms with Crippen LogP contribution in [0.4, 0.5) is 0 Å². The second kappa shape index (κ2) is 5.99. The van der Waals surface area contributed by atoms with Crippen LogP contribution in [0.15, 0.2) is 24.3 Å². The Kier molecular flexibility index (Phi) is 4.35. The third-order valence-electron chi connectivity index (χ3n) is 3.53. The van der Waals surface area contributed by atoms with Crippen LogP contribution in [0.25, 0.3) is 0 Å². The first kappa shape index (κ1) is 13.1. The summed E-state index contributed by atoms with van der Waals surface area (Å²) in [6.07, 6.45) is 1.16. The molecular formula is C15H20N2O. The van der Waals surface area contributed by atoms with Crippen LogP contribution in [-0.4, -0.2) is 19.2 Å². The third kappa shape index (κ3) is 3.10. The fourth-order valence-electron chi connectivity index (χ4n) is 2.31. The lowest BCUT2D eigenvalue weighted by Crippen LogP contribution is -2.34. The summed E-state index contributed by atoms with van der Waals surface area (Å²) in [5.74, 6) is 0.633. The van der Waals surface area contributed by atoms with Gasteiger partial charge in [0.2, 0.25) is 0 Å². The molecule has 2 rings (SSSR count). The van der Waals surface area contributed by atoms with E-state index in [0.717, 1.165) is 25.1 Å². The van der Waals surface area contributed by atoms with Crippen molar-refractivity contribution in [2.45, 2.75) is 32.4 Å². The molecule has 2 atom stereocenters. The van der Waals surface area contributed by atoms with Crippen molar-refractivity contribution in [1.82, 2.24) is 5.32 Å². The molecule has 0 spiro atoms. The maximum Gasteiger partial charge on any atom is 0.0991 e. The summed E-state index contributed by atoms with van der Waals surface area (Å²) in [7, 11) is 0. The second-order valence-electron chi connectivity index (χ2n) is 5.14. The number of ether oxygens (including phenoxy) is 1. The number of nitrogens with zero attached hydrogens (tertiary/aromatic N) is 1. The topological polar surface area (TPSA) is 45.0 Å². The Morgan fingerprint density at radius 2 is 2.06 bits per heavy atom. The van der Waals surface area contributed by atoms with Gasteiger partial charge < -0.3 is 10.1 Å². The lowest BCUT2D eigenvalue weighted by atomic mass is 10.0. The summed E-state index contributed by atoms with van der Waals surface area (Å²) < 4.78 is 5.90. The van der Waals surface area contributed by atoms with Gasteiger partial charge >= 0.3 is 0 Å². The van der Waals surface area contributed by atoms with Crippen molar-refractivity contribution in [3.05, 3.63) is 35.4 Å². The van der Waals surface area contributed by atoms with Crippen LogP contribution in [0.5, 0.6) is 0 Å². The fourth-order valence-corrected chi connectivity index (χ4v) is 2.31. The van der Waals surface area contributed by atoms with Crippen molar-refractivity contribution in [3.63, 3.8) is 0 Å². The first-order chi connectivity index (χ1) is 8.70. The Balaban J connectivity index is 2.03. The van der Waals surface area contributed by atoms with Gasteiger partial charge in [0.25, 0.3) is 0 Å². The van der Waals surface area contributed by atoms with E-state index < -0.39 is 0 Å². The predicted octanol–water partition coefficient (Wildman–Crippen LogP) is 2.63. The van der Waals surface area contributed by atoms with Crippen LogP contribution in [0, 0.1) is 17.2 Å². The molecule has 1 N–H and O–H groups in total. The minimum absolute atomic E-state index is 0.0986. The van der Waals surface area contributed by atoms with E-state index in [-0.39, 0.29) is 6.10 Å². The quantitative estimate of drug-likeness (QED) is 0.869. The van der Waals surface area contributed by atoms with E-state index in [1.165, 1.54) is 0 Å². The average Bonchev–Trinajstić information content (AvgIpc) is 2.64. The molecule has 0 saturated carbocycles. The Labute approximate surface area is 109 Å². The molecule has 1 fully saturated rings. The molecule has 3 nitrogen and oxygen atoms in total. The van der Waals surface area contributed by atoms with Gasteiger partial charge in [-0.25, -0.2) is 0 Å². The van der Waals surface area contributed by atoms with Crippen molar-refractivity contribution < 1.29 is 4.74 Å². The molecule has 3 heteroatoms. The number of hydrogen-bond donors (Lipinski definition) is 1. The molecule has 1 aromatic carbocycles. The number of hydrogen-bond acceptors (Lipinski definition) is 3. The summed E-state index contributed by atoms with van der Waals surface area (Å²) in [6.45, 7) is 6.11. The molecule has 96 valence electrons. The lowest BCUT2D eigenvalue weighted by molar-refractivity contribution is 0.0660. The number of nitriles is 1. The summed E-state index contributed by atoms with van der Waals surface area (Å²) in [4.78, 5) is 0. The molecule has 0 aromatic heterocycles. The van der Waals surface area contributed by atoms with Gasteiger partial charge in [-0.15, -0.1) is 0 Å². The van der Waals surface area contributed by atoms with Gasteiger partial charge in [-0.3, -0.25) is 0 Å². The SMILES string of the molecule is CC(C)C1CCOC(c2ccc(C#N)cc2)CN1. The van der Waals surface area contributed by atoms with Crippen molar-refractivity contribution in [1.29, 1.82) is 5.26 Å². The molecule has 1 aliphatic heterocycles. The molecule has 1 aliphatic rings. The van der Waals surface area contributed by atoms with Gasteiger partial charge in [-0.05, 0) is 30.0 Å². The van der Waals surface area contributed by atoms with Gasteiger partial charge in [0, 0.05) is 19.2 Å². The number of nitrogens with one attached hydrogen (secondary N) is 1. The molecule has 0 radical (unpaired) electrons. The highest BCUT2D eigenvalue weighted by molar-refractivity contribution is 5.32. The van der Waals surface area contributed by atoms with E-state index in [9.17, 15) is 0 Å². The van der Waals surface area contributed by atoms with Gasteiger partial charge in [0.05, 0.1) is 17.7 Å². The Hall–Kier alpha value is -1.37. The second-order valence-corrected chi connectivity index (χ2v) is 5.14. The Morgan fingerprint density at radius 1 is 1.33 bits per heavy atom. The van der Waals surface area contributed by atoms with Crippen molar-refractivity contribution in [3.8, 4) is 6.07 Å². The maximum absolute atomic E-state index is 8.79. The average molecular weight is 244 g/mol. The standard InChI is InChI=1S/C15H20N2O/c1-11(2)14-7-8-18-15(10-17-14)13-5-3-12(9-16)4-6-13/h3-6,11,14-15,17H,7-8,10H2,1-2H3. The zero-order valence-electron chi connectivity index (χ0n) is 11.0. The minimum Gasteiger partial charge on any atom is -0.372 e. The largest absolute Gasteiger partial charge is 0.372 e. The first-order valence-corrected chi connectivity index (χ1v) is 6.55. The minimum atomic E-state index is 0.0986. The van der Waals surface area contributed by atoms with Crippen molar-refractivity contribution in [2.24, 2.45) is 5.92 Å². The molecule has 2 unspecified atom stereocenters. The molecule has 1 aromatic rings. The zero-order chi connectivity index (χ0) is 13.0. The highest BCUT2D eigenvalue weighted by Crippen LogP contribution is 2.21. The molecule has 0 amide bonds.